The van der Waals surface area contributed by atoms with Gasteiger partial charge in [0, 0.05) is 18.3 Å². The summed E-state index contributed by atoms with van der Waals surface area (Å²) in [5, 5.41) is 11.9. The van der Waals surface area contributed by atoms with Gasteiger partial charge < -0.3 is 24.8 Å². The summed E-state index contributed by atoms with van der Waals surface area (Å²) in [5.41, 5.74) is -0.713. The maximum absolute atomic E-state index is 11.9. The number of amides is 2. The minimum Gasteiger partial charge on any atom is -0.480 e. The molecule has 0 bridgehead atoms. The number of carboxylic acids is 1. The van der Waals surface area contributed by atoms with Crippen LogP contribution in [-0.2, 0) is 14.3 Å². The topological polar surface area (TPSA) is 105 Å². The summed E-state index contributed by atoms with van der Waals surface area (Å²) in [7, 11) is 1.63. The van der Waals surface area contributed by atoms with Crippen LogP contribution in [-0.4, -0.2) is 70.5 Å². The van der Waals surface area contributed by atoms with Gasteiger partial charge in [-0.1, -0.05) is 12.7 Å². The molecule has 8 nitrogen and oxygen atoms in total. The average molecular weight is 405 g/mol. The Morgan fingerprint density at radius 1 is 1.26 bits per heavy atom. The van der Waals surface area contributed by atoms with Crippen molar-refractivity contribution in [1.82, 2.24) is 10.2 Å². The second kappa shape index (κ2) is 11.1. The number of carbonyl (C=O) groups excluding carboxylic acids is 2. The highest BCUT2D eigenvalue weighted by atomic mass is 32.2. The van der Waals surface area contributed by atoms with Gasteiger partial charge in [0.25, 0.3) is 0 Å². The van der Waals surface area contributed by atoms with Gasteiger partial charge in [-0.3, -0.25) is 0 Å². The molecular formula is C18H32N2O6S. The Balaban J connectivity index is 4.58. The Kier molecular flexibility index (Phi) is 10.3. The molecule has 27 heavy (non-hydrogen) atoms. The van der Waals surface area contributed by atoms with Crippen LogP contribution in [0, 0.1) is 0 Å². The number of nitrogens with zero attached hydrogens (tertiary/aromatic N) is 1. The van der Waals surface area contributed by atoms with Crippen LogP contribution in [0.2, 0.25) is 0 Å². The fraction of sp³-hybridized carbons (Fsp3) is 0.722. The molecule has 0 heterocycles. The molecular weight excluding hydrogens is 372 g/mol. The molecule has 0 unspecified atom stereocenters. The van der Waals surface area contributed by atoms with Crippen LogP contribution in [0.1, 0.15) is 41.0 Å². The van der Waals surface area contributed by atoms with E-state index in [2.05, 4.69) is 11.9 Å². The van der Waals surface area contributed by atoms with Gasteiger partial charge in [-0.05, 0) is 46.8 Å². The Labute approximate surface area is 165 Å². The van der Waals surface area contributed by atoms with Gasteiger partial charge in [0.2, 0.25) is 0 Å². The van der Waals surface area contributed by atoms with E-state index in [1.165, 1.54) is 22.7 Å². The predicted molar refractivity (Wildman–Crippen MR) is 106 cm³/mol. The zero-order chi connectivity index (χ0) is 21.3. The lowest BCUT2D eigenvalue weighted by Gasteiger charge is -2.32. The zero-order valence-corrected chi connectivity index (χ0v) is 17.9. The molecule has 0 aromatic heterocycles. The van der Waals surface area contributed by atoms with Gasteiger partial charge in [0.1, 0.15) is 18.2 Å². The fourth-order valence-electron chi connectivity index (χ4n) is 2.01. The van der Waals surface area contributed by atoms with E-state index in [0.717, 1.165) is 0 Å². The van der Waals surface area contributed by atoms with Gasteiger partial charge in [0.15, 0.2) is 0 Å². The molecule has 0 aliphatic carbocycles. The average Bonchev–Trinajstić information content (AvgIpc) is 2.52. The first-order valence-electron chi connectivity index (χ1n) is 8.65. The van der Waals surface area contributed by atoms with E-state index >= 15 is 0 Å². The molecule has 2 amide bonds. The van der Waals surface area contributed by atoms with Crippen LogP contribution in [0.15, 0.2) is 12.7 Å². The molecule has 0 aliphatic heterocycles. The first-order valence-corrected chi connectivity index (χ1v) is 9.63. The summed E-state index contributed by atoms with van der Waals surface area (Å²) in [5.74, 6) is -0.533. The molecule has 2 N–H and O–H groups in total. The number of nitrogens with one attached hydrogen (secondary N) is 1. The Morgan fingerprint density at radius 3 is 2.33 bits per heavy atom. The Bertz CT molecular complexity index is 530. The molecule has 0 aromatic carbocycles. The fourth-order valence-corrected chi connectivity index (χ4v) is 3.14. The Morgan fingerprint density at radius 2 is 1.85 bits per heavy atom. The maximum atomic E-state index is 11.9. The number of alkyl carbamates (subject to hydrolysis) is 1. The third-order valence-electron chi connectivity index (χ3n) is 3.35. The van der Waals surface area contributed by atoms with Crippen molar-refractivity contribution in [2.24, 2.45) is 0 Å². The molecule has 156 valence electrons. The summed E-state index contributed by atoms with van der Waals surface area (Å²) >= 11 is 1.40. The van der Waals surface area contributed by atoms with Crippen LogP contribution in [0.5, 0.6) is 0 Å². The minimum absolute atomic E-state index is 0.154. The van der Waals surface area contributed by atoms with Gasteiger partial charge in [0.05, 0.1) is 0 Å². The van der Waals surface area contributed by atoms with Crippen molar-refractivity contribution in [2.75, 3.05) is 26.0 Å². The molecule has 1 atom stereocenters. The van der Waals surface area contributed by atoms with E-state index in [1.54, 1.807) is 41.7 Å². The van der Waals surface area contributed by atoms with Crippen LogP contribution in [0.25, 0.3) is 0 Å². The molecule has 0 saturated carbocycles. The van der Waals surface area contributed by atoms with Crippen molar-refractivity contribution in [1.29, 1.82) is 0 Å². The van der Waals surface area contributed by atoms with Crippen molar-refractivity contribution in [2.45, 2.75) is 57.4 Å². The summed E-state index contributed by atoms with van der Waals surface area (Å²) in [6.07, 6.45) is 0.933. The summed E-state index contributed by atoms with van der Waals surface area (Å²) in [4.78, 5) is 36.6. The summed E-state index contributed by atoms with van der Waals surface area (Å²) in [6.45, 7) is 12.7. The first-order chi connectivity index (χ1) is 12.3. The third kappa shape index (κ3) is 10.7. The minimum atomic E-state index is -1.14. The molecule has 0 aliphatic rings. The van der Waals surface area contributed by atoms with E-state index in [0.29, 0.717) is 18.7 Å². The number of hydrogen-bond donors (Lipinski definition) is 2. The second-order valence-corrected chi connectivity index (χ2v) is 9.26. The van der Waals surface area contributed by atoms with Crippen LogP contribution in [0.4, 0.5) is 9.59 Å². The standard InChI is InChI=1S/C18H32N2O6S/c1-8-11-25-16(24)20(7)10-9-12-27-18(5,6)13(14(21)22)19-15(23)26-17(2,3)4/h8,13H,1,9-12H2,2-7H3,(H,19,23)(H,21,22)/t13-/m1/s1. The summed E-state index contributed by atoms with van der Waals surface area (Å²) < 4.78 is 9.30. The lowest BCUT2D eigenvalue weighted by Crippen LogP contribution is -2.53. The van der Waals surface area contributed by atoms with Crippen LogP contribution in [0.3, 0.4) is 0 Å². The number of hydrogen-bond acceptors (Lipinski definition) is 6. The smallest absolute Gasteiger partial charge is 0.409 e. The van der Waals surface area contributed by atoms with Gasteiger partial charge >= 0.3 is 18.2 Å². The van der Waals surface area contributed by atoms with E-state index in [-0.39, 0.29) is 6.61 Å². The highest BCUT2D eigenvalue weighted by Crippen LogP contribution is 2.29. The number of carbonyl (C=O) groups is 3. The normalized spacial score (nSPS) is 12.7. The zero-order valence-electron chi connectivity index (χ0n) is 17.0. The number of carboxylic acid groups (broad SMARTS) is 1. The van der Waals surface area contributed by atoms with Gasteiger partial charge in [-0.25, -0.2) is 14.4 Å². The molecule has 0 spiro atoms. The van der Waals surface area contributed by atoms with Gasteiger partial charge in [-0.15, -0.1) is 0 Å². The Hall–Kier alpha value is -1.90. The number of aliphatic carboxylic acids is 1. The number of rotatable bonds is 10. The van der Waals surface area contributed by atoms with E-state index < -0.39 is 34.5 Å². The molecule has 0 rings (SSSR count). The predicted octanol–water partition coefficient (Wildman–Crippen LogP) is 3.12. The highest BCUT2D eigenvalue weighted by Gasteiger charge is 2.38. The van der Waals surface area contributed by atoms with Crippen molar-refractivity contribution < 1.29 is 29.0 Å². The first kappa shape index (κ1) is 25.1. The van der Waals surface area contributed by atoms with Crippen molar-refractivity contribution in [3.05, 3.63) is 12.7 Å². The van der Waals surface area contributed by atoms with Crippen LogP contribution < -0.4 is 5.32 Å². The van der Waals surface area contributed by atoms with E-state index in [9.17, 15) is 19.5 Å². The molecule has 9 heteroatoms. The quantitative estimate of drug-likeness (QED) is 0.426. The maximum Gasteiger partial charge on any atom is 0.409 e. The highest BCUT2D eigenvalue weighted by molar-refractivity contribution is 8.00. The van der Waals surface area contributed by atoms with E-state index in [4.69, 9.17) is 9.47 Å². The van der Waals surface area contributed by atoms with Crippen molar-refractivity contribution in [3.63, 3.8) is 0 Å². The molecule has 0 fully saturated rings. The monoisotopic (exact) mass is 404 g/mol. The SMILES string of the molecule is C=CCOC(=O)N(C)CCCSC(C)(C)[C@H](NC(=O)OC(C)(C)C)C(=O)O. The molecule has 0 aromatic rings. The second-order valence-electron chi connectivity index (χ2n) is 7.51. The lowest BCUT2D eigenvalue weighted by molar-refractivity contribution is -0.140. The van der Waals surface area contributed by atoms with Crippen molar-refractivity contribution >= 4 is 29.9 Å². The largest absolute Gasteiger partial charge is 0.480 e. The molecule has 0 radical (unpaired) electrons. The summed E-state index contributed by atoms with van der Waals surface area (Å²) in [6, 6.07) is -1.12. The number of ether oxygens (including phenoxy) is 2. The van der Waals surface area contributed by atoms with Crippen molar-refractivity contribution in [3.8, 4) is 0 Å². The lowest BCUT2D eigenvalue weighted by atomic mass is 10.0. The van der Waals surface area contributed by atoms with E-state index in [1.807, 2.05) is 0 Å². The third-order valence-corrected chi connectivity index (χ3v) is 4.82. The number of thioether (sulfide) groups is 1. The van der Waals surface area contributed by atoms with Gasteiger partial charge in [-0.2, -0.15) is 11.8 Å². The van der Waals surface area contributed by atoms with Crippen LogP contribution >= 0.6 is 11.8 Å². The molecule has 0 saturated heterocycles.